The molecule has 6 nitrogen and oxygen atoms in total. The third-order valence-corrected chi connectivity index (χ3v) is 3.68. The number of aromatic nitrogens is 3. The molecule has 0 fully saturated rings. The van der Waals surface area contributed by atoms with Gasteiger partial charge in [-0.05, 0) is 24.6 Å². The topological polar surface area (TPSA) is 67.2 Å². The molecule has 3 aromatic rings. The van der Waals surface area contributed by atoms with E-state index in [1.807, 2.05) is 37.3 Å². The number of hydrogen-bond donors (Lipinski definition) is 2. The summed E-state index contributed by atoms with van der Waals surface area (Å²) in [6, 6.07) is 11.1. The van der Waals surface area contributed by atoms with Gasteiger partial charge in [-0.2, -0.15) is 5.10 Å². The molecule has 2 heterocycles. The highest BCUT2D eigenvalue weighted by Gasteiger charge is 2.16. The van der Waals surface area contributed by atoms with Gasteiger partial charge in [0.25, 0.3) is 0 Å². The lowest BCUT2D eigenvalue weighted by Gasteiger charge is -2.12. The third-order valence-electron chi connectivity index (χ3n) is 3.42. The van der Waals surface area contributed by atoms with Gasteiger partial charge >= 0.3 is 0 Å². The quantitative estimate of drug-likeness (QED) is 0.532. The van der Waals surface area contributed by atoms with E-state index in [1.54, 1.807) is 13.2 Å². The molecule has 0 saturated carbocycles. The number of aromatic amines is 1. The summed E-state index contributed by atoms with van der Waals surface area (Å²) in [6.07, 6.45) is 0. The van der Waals surface area contributed by atoms with Crippen molar-refractivity contribution in [2.75, 3.05) is 12.4 Å². The van der Waals surface area contributed by atoms with Gasteiger partial charge in [-0.3, -0.25) is 5.10 Å². The number of nitrogens with one attached hydrogen (secondary N) is 2. The Kier molecular flexibility index (Phi) is 4.36. The zero-order valence-corrected chi connectivity index (χ0v) is 13.8. The summed E-state index contributed by atoms with van der Waals surface area (Å²) in [5.74, 6) is 1.78. The molecular weight excluding hydrogens is 326 g/mol. The summed E-state index contributed by atoms with van der Waals surface area (Å²) in [5, 5.41) is 10.2. The minimum Gasteiger partial charge on any atom is -0.496 e. The fourth-order valence-electron chi connectivity index (χ4n) is 2.36. The predicted molar refractivity (Wildman–Crippen MR) is 94.1 cm³/mol. The summed E-state index contributed by atoms with van der Waals surface area (Å²) in [5.41, 5.74) is 2.63. The summed E-state index contributed by atoms with van der Waals surface area (Å²) in [6.45, 7) is 9.32. The predicted octanol–water partition coefficient (Wildman–Crippen LogP) is 4.74. The van der Waals surface area contributed by atoms with Crippen molar-refractivity contribution in [1.82, 2.24) is 15.2 Å². The highest BCUT2D eigenvalue weighted by Crippen LogP contribution is 2.41. The monoisotopic (exact) mass is 339 g/mol. The smallest absolute Gasteiger partial charge is 0.231 e. The SMILES string of the molecule is [C-]#[N+]c1c(-c2ccccc2OC)cc(Nc2cc(C)[nH]n2)nc1Cl. The van der Waals surface area contributed by atoms with E-state index in [2.05, 4.69) is 25.3 Å². The van der Waals surface area contributed by atoms with Crippen molar-refractivity contribution < 1.29 is 4.74 Å². The maximum Gasteiger partial charge on any atom is 0.231 e. The number of methoxy groups -OCH3 is 1. The van der Waals surface area contributed by atoms with Crippen LogP contribution in [0.4, 0.5) is 17.3 Å². The van der Waals surface area contributed by atoms with Crippen LogP contribution >= 0.6 is 11.6 Å². The van der Waals surface area contributed by atoms with Crippen molar-refractivity contribution in [2.24, 2.45) is 0 Å². The maximum absolute atomic E-state index is 7.42. The number of ether oxygens (including phenoxy) is 1. The minimum atomic E-state index is 0.128. The van der Waals surface area contributed by atoms with Crippen LogP contribution in [0.5, 0.6) is 5.75 Å². The number of hydrogen-bond acceptors (Lipinski definition) is 4. The highest BCUT2D eigenvalue weighted by atomic mass is 35.5. The van der Waals surface area contributed by atoms with Gasteiger partial charge in [0.15, 0.2) is 5.82 Å². The van der Waals surface area contributed by atoms with Gasteiger partial charge in [0.05, 0.1) is 13.7 Å². The first-order chi connectivity index (χ1) is 11.6. The molecular formula is C17H14ClN5O. The number of nitrogens with zero attached hydrogens (tertiary/aromatic N) is 3. The van der Waals surface area contributed by atoms with Crippen molar-refractivity contribution in [3.63, 3.8) is 0 Å². The van der Waals surface area contributed by atoms with E-state index in [-0.39, 0.29) is 10.8 Å². The Bertz CT molecular complexity index is 929. The van der Waals surface area contributed by atoms with E-state index in [0.29, 0.717) is 22.9 Å². The molecule has 0 radical (unpaired) electrons. The lowest BCUT2D eigenvalue weighted by Crippen LogP contribution is -1.96. The summed E-state index contributed by atoms with van der Waals surface area (Å²) in [4.78, 5) is 7.76. The normalized spacial score (nSPS) is 10.2. The van der Waals surface area contributed by atoms with Crippen LogP contribution in [0.15, 0.2) is 36.4 Å². The average Bonchev–Trinajstić information content (AvgIpc) is 2.99. The molecule has 0 spiro atoms. The first-order valence-corrected chi connectivity index (χ1v) is 7.50. The van der Waals surface area contributed by atoms with Crippen LogP contribution < -0.4 is 10.1 Å². The highest BCUT2D eigenvalue weighted by molar-refractivity contribution is 6.33. The molecule has 0 atom stereocenters. The van der Waals surface area contributed by atoms with Gasteiger partial charge in [-0.25, -0.2) is 9.83 Å². The summed E-state index contributed by atoms with van der Waals surface area (Å²) >= 11 is 6.22. The first-order valence-electron chi connectivity index (χ1n) is 7.13. The third kappa shape index (κ3) is 3.03. The molecule has 1 aromatic carbocycles. The van der Waals surface area contributed by atoms with E-state index in [4.69, 9.17) is 22.9 Å². The molecule has 0 amide bonds. The van der Waals surface area contributed by atoms with Crippen LogP contribution in [0, 0.1) is 13.5 Å². The Morgan fingerprint density at radius 2 is 2.00 bits per heavy atom. The van der Waals surface area contributed by atoms with E-state index in [1.165, 1.54) is 0 Å². The van der Waals surface area contributed by atoms with Crippen LogP contribution in [0.2, 0.25) is 5.15 Å². The fraction of sp³-hybridized carbons (Fsp3) is 0.118. The Hall–Kier alpha value is -3.04. The second-order valence-corrected chi connectivity index (χ2v) is 5.43. The summed E-state index contributed by atoms with van der Waals surface area (Å²) < 4.78 is 5.40. The molecule has 3 rings (SSSR count). The average molecular weight is 340 g/mol. The number of H-pyrrole nitrogens is 1. The molecule has 0 aliphatic rings. The molecule has 0 aliphatic heterocycles. The standard InChI is InChI=1S/C17H14ClN5O/c1-10-8-15(23-22-10)20-14-9-12(16(19-2)17(18)21-14)11-6-4-5-7-13(11)24-3/h4-9H,1,3H3,(H2,20,21,22,23). The van der Waals surface area contributed by atoms with Crippen LogP contribution in [0.1, 0.15) is 5.69 Å². The van der Waals surface area contributed by atoms with E-state index < -0.39 is 0 Å². The molecule has 7 heteroatoms. The van der Waals surface area contributed by atoms with Gasteiger partial charge in [0.2, 0.25) is 5.69 Å². The Morgan fingerprint density at radius 1 is 1.21 bits per heavy atom. The molecule has 0 aliphatic carbocycles. The lowest BCUT2D eigenvalue weighted by atomic mass is 10.0. The largest absolute Gasteiger partial charge is 0.496 e. The lowest BCUT2D eigenvalue weighted by molar-refractivity contribution is 0.416. The number of halogens is 1. The van der Waals surface area contributed by atoms with Crippen molar-refractivity contribution >= 4 is 28.9 Å². The van der Waals surface area contributed by atoms with Crippen molar-refractivity contribution in [3.8, 4) is 16.9 Å². The van der Waals surface area contributed by atoms with E-state index >= 15 is 0 Å². The zero-order chi connectivity index (χ0) is 17.1. The fourth-order valence-corrected chi connectivity index (χ4v) is 2.60. The molecule has 0 unspecified atom stereocenters. The van der Waals surface area contributed by atoms with E-state index in [0.717, 1.165) is 11.3 Å². The Labute approximate surface area is 144 Å². The van der Waals surface area contributed by atoms with Gasteiger partial charge in [-0.15, -0.1) is 0 Å². The number of benzene rings is 1. The number of pyridine rings is 1. The summed E-state index contributed by atoms with van der Waals surface area (Å²) in [7, 11) is 1.59. The number of aryl methyl sites for hydroxylation is 1. The van der Waals surface area contributed by atoms with Crippen molar-refractivity contribution in [3.05, 3.63) is 58.7 Å². The molecule has 0 saturated heterocycles. The minimum absolute atomic E-state index is 0.128. The van der Waals surface area contributed by atoms with Gasteiger partial charge in [-0.1, -0.05) is 29.8 Å². The van der Waals surface area contributed by atoms with Crippen LogP contribution in [-0.2, 0) is 0 Å². The molecule has 2 aromatic heterocycles. The number of anilines is 2. The second-order valence-electron chi connectivity index (χ2n) is 5.07. The van der Waals surface area contributed by atoms with Gasteiger partial charge in [0, 0.05) is 17.3 Å². The van der Waals surface area contributed by atoms with Gasteiger partial charge in [0.1, 0.15) is 16.7 Å². The molecule has 2 N–H and O–H groups in total. The van der Waals surface area contributed by atoms with Gasteiger partial charge < -0.3 is 10.1 Å². The van der Waals surface area contributed by atoms with E-state index in [9.17, 15) is 0 Å². The first kappa shape index (κ1) is 15.8. The number of rotatable bonds is 4. The molecule has 24 heavy (non-hydrogen) atoms. The second kappa shape index (κ2) is 6.60. The Morgan fingerprint density at radius 3 is 2.67 bits per heavy atom. The van der Waals surface area contributed by atoms with Crippen LogP contribution in [0.25, 0.3) is 16.0 Å². The van der Waals surface area contributed by atoms with Crippen LogP contribution in [0.3, 0.4) is 0 Å². The molecule has 0 bridgehead atoms. The molecule has 120 valence electrons. The maximum atomic E-state index is 7.42. The van der Waals surface area contributed by atoms with Crippen molar-refractivity contribution in [2.45, 2.75) is 6.92 Å². The Balaban J connectivity index is 2.12. The van der Waals surface area contributed by atoms with Crippen molar-refractivity contribution in [1.29, 1.82) is 0 Å². The number of para-hydroxylation sites is 1. The zero-order valence-electron chi connectivity index (χ0n) is 13.1. The van der Waals surface area contributed by atoms with Crippen LogP contribution in [-0.4, -0.2) is 22.3 Å².